The number of benzene rings is 1. The van der Waals surface area contributed by atoms with Crippen LogP contribution in [0, 0.1) is 5.82 Å². The van der Waals surface area contributed by atoms with Gasteiger partial charge in [0.25, 0.3) is 0 Å². The van der Waals surface area contributed by atoms with Crippen LogP contribution in [0.15, 0.2) is 24.3 Å². The minimum Gasteiger partial charge on any atom is -0.395 e. The summed E-state index contributed by atoms with van der Waals surface area (Å²) in [4.78, 5) is 0. The van der Waals surface area contributed by atoms with E-state index in [9.17, 15) is 4.39 Å². The second-order valence-electron chi connectivity index (χ2n) is 4.26. The molecule has 0 spiro atoms. The summed E-state index contributed by atoms with van der Waals surface area (Å²) in [6, 6.07) is 6.81. The predicted octanol–water partition coefficient (Wildman–Crippen LogP) is 1.69. The summed E-state index contributed by atoms with van der Waals surface area (Å²) in [6.07, 6.45) is 0. The molecule has 0 saturated heterocycles. The van der Waals surface area contributed by atoms with Gasteiger partial charge in [-0.05, 0) is 11.6 Å². The van der Waals surface area contributed by atoms with Gasteiger partial charge in [0.2, 0.25) is 0 Å². The molecule has 0 aliphatic rings. The van der Waals surface area contributed by atoms with E-state index < -0.39 is 0 Å². The van der Waals surface area contributed by atoms with Gasteiger partial charge in [0, 0.05) is 18.5 Å². The van der Waals surface area contributed by atoms with Crippen LogP contribution in [0.1, 0.15) is 19.4 Å². The van der Waals surface area contributed by atoms with Crippen molar-refractivity contribution in [1.82, 2.24) is 5.32 Å². The molecule has 0 heterocycles. The number of rotatable bonds is 5. The smallest absolute Gasteiger partial charge is 0.126 e. The van der Waals surface area contributed by atoms with Gasteiger partial charge in [0.05, 0.1) is 6.61 Å². The summed E-state index contributed by atoms with van der Waals surface area (Å²) in [6.45, 7) is 5.26. The molecule has 0 saturated carbocycles. The molecule has 3 heteroatoms. The molecule has 0 fully saturated rings. The Balaban J connectivity index is 2.72. The fraction of sp³-hybridized carbons (Fsp3) is 0.500. The number of hydrogen-bond donors (Lipinski definition) is 2. The number of nitrogens with one attached hydrogen (secondary N) is 1. The standard InChI is InChI=1S/C12H18FNO/c1-12(2,9-14-7-8-15)10-5-3-4-6-11(10)13/h3-6,14-15H,7-9H2,1-2H3. The Morgan fingerprint density at radius 1 is 1.33 bits per heavy atom. The van der Waals surface area contributed by atoms with Crippen molar-refractivity contribution >= 4 is 0 Å². The first-order valence-electron chi connectivity index (χ1n) is 5.14. The Bertz CT molecular complexity index is 312. The summed E-state index contributed by atoms with van der Waals surface area (Å²) in [5.74, 6) is -0.173. The number of hydrogen-bond acceptors (Lipinski definition) is 2. The summed E-state index contributed by atoms with van der Waals surface area (Å²) in [5, 5.41) is 11.7. The van der Waals surface area contributed by atoms with Crippen molar-refractivity contribution in [2.45, 2.75) is 19.3 Å². The monoisotopic (exact) mass is 211 g/mol. The largest absolute Gasteiger partial charge is 0.395 e. The van der Waals surface area contributed by atoms with E-state index in [1.165, 1.54) is 6.07 Å². The van der Waals surface area contributed by atoms with Gasteiger partial charge in [-0.1, -0.05) is 32.0 Å². The van der Waals surface area contributed by atoms with Crippen molar-refractivity contribution in [2.24, 2.45) is 0 Å². The lowest BCUT2D eigenvalue weighted by atomic mass is 9.84. The Hall–Kier alpha value is -0.930. The SMILES string of the molecule is CC(C)(CNCCO)c1ccccc1F. The third kappa shape index (κ3) is 3.29. The maximum atomic E-state index is 13.5. The lowest BCUT2D eigenvalue weighted by molar-refractivity contribution is 0.286. The highest BCUT2D eigenvalue weighted by molar-refractivity contribution is 5.25. The molecule has 0 amide bonds. The second kappa shape index (κ2) is 5.24. The van der Waals surface area contributed by atoms with Crippen LogP contribution >= 0.6 is 0 Å². The van der Waals surface area contributed by atoms with E-state index in [0.717, 1.165) is 0 Å². The van der Waals surface area contributed by atoms with E-state index >= 15 is 0 Å². The molecule has 2 N–H and O–H groups in total. The van der Waals surface area contributed by atoms with Crippen molar-refractivity contribution in [3.05, 3.63) is 35.6 Å². The van der Waals surface area contributed by atoms with Gasteiger partial charge in [0.15, 0.2) is 0 Å². The zero-order valence-electron chi connectivity index (χ0n) is 9.26. The molecule has 0 bridgehead atoms. The van der Waals surface area contributed by atoms with Crippen LogP contribution in [-0.4, -0.2) is 24.8 Å². The van der Waals surface area contributed by atoms with Crippen LogP contribution in [0.2, 0.25) is 0 Å². The van der Waals surface area contributed by atoms with Crippen molar-refractivity contribution in [2.75, 3.05) is 19.7 Å². The van der Waals surface area contributed by atoms with Crippen LogP contribution < -0.4 is 5.32 Å². The van der Waals surface area contributed by atoms with Crippen molar-refractivity contribution in [1.29, 1.82) is 0 Å². The number of aliphatic hydroxyl groups is 1. The molecular formula is C12H18FNO. The summed E-state index contributed by atoms with van der Waals surface area (Å²) < 4.78 is 13.5. The fourth-order valence-electron chi connectivity index (χ4n) is 1.59. The van der Waals surface area contributed by atoms with Gasteiger partial charge in [-0.2, -0.15) is 0 Å². The van der Waals surface area contributed by atoms with Gasteiger partial charge >= 0.3 is 0 Å². The average Bonchev–Trinajstić information content (AvgIpc) is 2.18. The van der Waals surface area contributed by atoms with Crippen molar-refractivity contribution in [3.8, 4) is 0 Å². The summed E-state index contributed by atoms with van der Waals surface area (Å²) in [7, 11) is 0. The number of halogens is 1. The third-order valence-corrected chi connectivity index (χ3v) is 2.46. The maximum absolute atomic E-state index is 13.5. The van der Waals surface area contributed by atoms with E-state index in [1.807, 2.05) is 19.9 Å². The average molecular weight is 211 g/mol. The lowest BCUT2D eigenvalue weighted by Gasteiger charge is -2.26. The lowest BCUT2D eigenvalue weighted by Crippen LogP contribution is -2.35. The summed E-state index contributed by atoms with van der Waals surface area (Å²) >= 11 is 0. The van der Waals surface area contributed by atoms with Crippen molar-refractivity contribution < 1.29 is 9.50 Å². The molecule has 2 nitrogen and oxygen atoms in total. The second-order valence-corrected chi connectivity index (χ2v) is 4.26. The van der Waals surface area contributed by atoms with Crippen LogP contribution in [0.5, 0.6) is 0 Å². The highest BCUT2D eigenvalue weighted by Crippen LogP contribution is 2.24. The Labute approximate surface area is 90.1 Å². The first kappa shape index (κ1) is 12.1. The minimum atomic E-state index is -0.263. The molecule has 1 rings (SSSR count). The van der Waals surface area contributed by atoms with Gasteiger partial charge in [-0.25, -0.2) is 4.39 Å². The third-order valence-electron chi connectivity index (χ3n) is 2.46. The van der Waals surface area contributed by atoms with Crippen LogP contribution in [0.4, 0.5) is 4.39 Å². The van der Waals surface area contributed by atoms with E-state index in [-0.39, 0.29) is 17.8 Å². The molecule has 0 aliphatic heterocycles. The number of aliphatic hydroxyl groups excluding tert-OH is 1. The van der Waals surface area contributed by atoms with Gasteiger partial charge in [-0.15, -0.1) is 0 Å². The molecular weight excluding hydrogens is 193 g/mol. The van der Waals surface area contributed by atoms with Crippen LogP contribution in [0.25, 0.3) is 0 Å². The normalized spacial score (nSPS) is 11.7. The van der Waals surface area contributed by atoms with Gasteiger partial charge < -0.3 is 10.4 Å². The molecule has 1 aromatic rings. The first-order valence-corrected chi connectivity index (χ1v) is 5.14. The van der Waals surface area contributed by atoms with E-state index in [1.54, 1.807) is 12.1 Å². The van der Waals surface area contributed by atoms with E-state index in [0.29, 0.717) is 18.7 Å². The Morgan fingerprint density at radius 2 is 2.00 bits per heavy atom. The minimum absolute atomic E-state index is 0.105. The molecule has 15 heavy (non-hydrogen) atoms. The predicted molar refractivity (Wildman–Crippen MR) is 59.4 cm³/mol. The molecule has 84 valence electrons. The van der Waals surface area contributed by atoms with E-state index in [4.69, 9.17) is 5.11 Å². The molecule has 0 atom stereocenters. The van der Waals surface area contributed by atoms with Crippen molar-refractivity contribution in [3.63, 3.8) is 0 Å². The molecule has 0 radical (unpaired) electrons. The summed E-state index contributed by atoms with van der Waals surface area (Å²) in [5.41, 5.74) is 0.441. The zero-order valence-corrected chi connectivity index (χ0v) is 9.26. The van der Waals surface area contributed by atoms with Crippen LogP contribution in [-0.2, 0) is 5.41 Å². The molecule has 0 aliphatic carbocycles. The highest BCUT2D eigenvalue weighted by Gasteiger charge is 2.22. The Kier molecular flexibility index (Phi) is 4.24. The topological polar surface area (TPSA) is 32.3 Å². The maximum Gasteiger partial charge on any atom is 0.126 e. The van der Waals surface area contributed by atoms with Gasteiger partial charge in [-0.3, -0.25) is 0 Å². The highest BCUT2D eigenvalue weighted by atomic mass is 19.1. The fourth-order valence-corrected chi connectivity index (χ4v) is 1.59. The first-order chi connectivity index (χ1) is 7.08. The van der Waals surface area contributed by atoms with Crippen LogP contribution in [0.3, 0.4) is 0 Å². The molecule has 0 unspecified atom stereocenters. The molecule has 0 aromatic heterocycles. The Morgan fingerprint density at radius 3 is 2.60 bits per heavy atom. The van der Waals surface area contributed by atoms with Gasteiger partial charge in [0.1, 0.15) is 5.82 Å². The quantitative estimate of drug-likeness (QED) is 0.726. The molecule has 1 aromatic carbocycles. The zero-order chi connectivity index (χ0) is 11.3. The van der Waals surface area contributed by atoms with E-state index in [2.05, 4.69) is 5.32 Å².